The highest BCUT2D eigenvalue weighted by atomic mass is 31.2. The van der Waals surface area contributed by atoms with Crippen LogP contribution in [0.2, 0.25) is 0 Å². The number of esters is 1. The smallest absolute Gasteiger partial charge is 0.329 e. The molecule has 0 rings (SSSR count). The molecule has 4 N–H and O–H groups in total. The summed E-state index contributed by atoms with van der Waals surface area (Å²) in [4.78, 5) is 28.4. The van der Waals surface area contributed by atoms with Crippen LogP contribution >= 0.6 is 7.60 Å². The monoisotopic (exact) mass is 237 g/mol. The van der Waals surface area contributed by atoms with E-state index in [1.807, 2.05) is 0 Å². The summed E-state index contributed by atoms with van der Waals surface area (Å²) in [5.74, 6) is -0.609. The number of nitrogens with two attached hydrogens (primary N) is 1. The Hall–Kier alpha value is -0.680. The fraction of sp³-hybridized carbons (Fsp3) is 0.625. The summed E-state index contributed by atoms with van der Waals surface area (Å²) in [6, 6.07) is -0.975. The van der Waals surface area contributed by atoms with Crippen LogP contribution in [0.5, 0.6) is 0 Å². The molecule has 0 spiro atoms. The molecular weight excluding hydrogens is 221 g/mol. The average molecular weight is 237 g/mol. The summed E-state index contributed by atoms with van der Waals surface area (Å²) in [5, 5.41) is 0. The minimum atomic E-state index is -4.10. The van der Waals surface area contributed by atoms with Crippen LogP contribution in [0.25, 0.3) is 0 Å². The predicted molar refractivity (Wildman–Crippen MR) is 55.3 cm³/mol. The molecule has 0 radical (unpaired) electrons. The normalized spacial score (nSPS) is 14.9. The minimum Gasteiger partial charge on any atom is -0.465 e. The van der Waals surface area contributed by atoms with E-state index in [0.29, 0.717) is 5.57 Å². The summed E-state index contributed by atoms with van der Waals surface area (Å²) >= 11 is 0. The second kappa shape index (κ2) is 6.02. The van der Waals surface area contributed by atoms with Gasteiger partial charge in [0.1, 0.15) is 6.04 Å². The topological polar surface area (TPSA) is 110 Å². The van der Waals surface area contributed by atoms with Crippen LogP contribution in [-0.4, -0.2) is 34.6 Å². The number of carbonyl (C=O) groups is 1. The van der Waals surface area contributed by atoms with Crippen molar-refractivity contribution in [1.29, 1.82) is 0 Å². The number of rotatable bonds is 5. The predicted octanol–water partition coefficient (Wildman–Crippen LogP) is 0.000800. The first-order chi connectivity index (χ1) is 6.76. The van der Waals surface area contributed by atoms with E-state index in [4.69, 9.17) is 15.5 Å². The zero-order valence-electron chi connectivity index (χ0n) is 8.71. The van der Waals surface area contributed by atoms with E-state index in [9.17, 15) is 9.36 Å². The van der Waals surface area contributed by atoms with Gasteiger partial charge in [0.15, 0.2) is 0 Å². The summed E-state index contributed by atoms with van der Waals surface area (Å²) in [6.45, 7) is 3.37. The van der Waals surface area contributed by atoms with E-state index in [2.05, 4.69) is 4.74 Å². The van der Waals surface area contributed by atoms with Crippen molar-refractivity contribution in [2.24, 2.45) is 5.73 Å². The number of ether oxygens (including phenoxy) is 1. The highest BCUT2D eigenvalue weighted by Crippen LogP contribution is 2.36. The SMILES string of the molecule is CCOC(=O)[C@@H](N)/C=C(/C)CP(=O)(O)O. The van der Waals surface area contributed by atoms with Gasteiger partial charge in [0.05, 0.1) is 12.8 Å². The van der Waals surface area contributed by atoms with E-state index < -0.39 is 25.8 Å². The van der Waals surface area contributed by atoms with Crippen molar-refractivity contribution in [3.05, 3.63) is 11.6 Å². The summed E-state index contributed by atoms with van der Waals surface area (Å²) in [6.07, 6.45) is 0.886. The maximum absolute atomic E-state index is 11.1. The standard InChI is InChI=1S/C8H16NO5P/c1-3-14-8(10)7(9)4-6(2)5-15(11,12)13/h4,7H,3,5,9H2,1-2H3,(H2,11,12,13)/b6-4-/t7-/m0/s1. The Morgan fingerprint density at radius 3 is 2.53 bits per heavy atom. The van der Waals surface area contributed by atoms with Crippen molar-refractivity contribution < 1.29 is 23.9 Å². The highest BCUT2D eigenvalue weighted by molar-refractivity contribution is 7.52. The van der Waals surface area contributed by atoms with E-state index in [1.54, 1.807) is 6.92 Å². The van der Waals surface area contributed by atoms with Crippen molar-refractivity contribution in [2.45, 2.75) is 19.9 Å². The van der Waals surface area contributed by atoms with Crippen LogP contribution < -0.4 is 5.73 Å². The maximum Gasteiger partial charge on any atom is 0.329 e. The van der Waals surface area contributed by atoms with Gasteiger partial charge in [-0.15, -0.1) is 0 Å². The van der Waals surface area contributed by atoms with Gasteiger partial charge in [-0.25, -0.2) is 0 Å². The first-order valence-corrected chi connectivity index (χ1v) is 6.20. The average Bonchev–Trinajstić information content (AvgIpc) is 2.00. The zero-order valence-corrected chi connectivity index (χ0v) is 9.61. The lowest BCUT2D eigenvalue weighted by molar-refractivity contribution is -0.143. The van der Waals surface area contributed by atoms with Crippen LogP contribution in [0, 0.1) is 0 Å². The van der Waals surface area contributed by atoms with Crippen LogP contribution in [0.15, 0.2) is 11.6 Å². The Morgan fingerprint density at radius 1 is 1.60 bits per heavy atom. The molecular formula is C8H16NO5P. The lowest BCUT2D eigenvalue weighted by atomic mass is 10.2. The number of carbonyl (C=O) groups excluding carboxylic acids is 1. The third-order valence-corrected chi connectivity index (χ3v) is 2.39. The van der Waals surface area contributed by atoms with Crippen molar-refractivity contribution in [1.82, 2.24) is 0 Å². The largest absolute Gasteiger partial charge is 0.465 e. The molecule has 1 atom stereocenters. The second-order valence-corrected chi connectivity index (χ2v) is 4.76. The van der Waals surface area contributed by atoms with Crippen LogP contribution in [0.3, 0.4) is 0 Å². The molecule has 0 saturated heterocycles. The molecule has 0 amide bonds. The van der Waals surface area contributed by atoms with Gasteiger partial charge in [0.25, 0.3) is 0 Å². The van der Waals surface area contributed by atoms with E-state index >= 15 is 0 Å². The molecule has 0 aromatic carbocycles. The second-order valence-electron chi connectivity index (χ2n) is 3.11. The van der Waals surface area contributed by atoms with E-state index in [0.717, 1.165) is 0 Å². The van der Waals surface area contributed by atoms with Gasteiger partial charge in [-0.05, 0) is 13.8 Å². The van der Waals surface area contributed by atoms with E-state index in [1.165, 1.54) is 13.0 Å². The van der Waals surface area contributed by atoms with E-state index in [-0.39, 0.29) is 6.61 Å². The molecule has 15 heavy (non-hydrogen) atoms. The van der Waals surface area contributed by atoms with Gasteiger partial charge >= 0.3 is 13.6 Å². The Kier molecular flexibility index (Phi) is 5.75. The molecule has 0 unspecified atom stereocenters. The van der Waals surface area contributed by atoms with Crippen LogP contribution in [0.4, 0.5) is 0 Å². The van der Waals surface area contributed by atoms with Crippen molar-refractivity contribution in [3.63, 3.8) is 0 Å². The molecule has 0 saturated carbocycles. The lowest BCUT2D eigenvalue weighted by Gasteiger charge is -2.08. The zero-order chi connectivity index (χ0) is 12.1. The van der Waals surface area contributed by atoms with Gasteiger partial charge in [-0.3, -0.25) is 9.36 Å². The lowest BCUT2D eigenvalue weighted by Crippen LogP contribution is -2.30. The Balaban J connectivity index is 4.35. The van der Waals surface area contributed by atoms with Crippen LogP contribution in [-0.2, 0) is 14.1 Å². The van der Waals surface area contributed by atoms with Gasteiger partial charge in [-0.2, -0.15) is 0 Å². The fourth-order valence-corrected chi connectivity index (χ4v) is 1.75. The highest BCUT2D eigenvalue weighted by Gasteiger charge is 2.16. The summed E-state index contributed by atoms with van der Waals surface area (Å²) in [7, 11) is -4.10. The van der Waals surface area contributed by atoms with Crippen molar-refractivity contribution >= 4 is 13.6 Å². The van der Waals surface area contributed by atoms with Crippen LogP contribution in [0.1, 0.15) is 13.8 Å². The number of hydrogen-bond acceptors (Lipinski definition) is 4. The van der Waals surface area contributed by atoms with Crippen molar-refractivity contribution in [3.8, 4) is 0 Å². The molecule has 0 bridgehead atoms. The maximum atomic E-state index is 11.1. The van der Waals surface area contributed by atoms with Gasteiger partial charge in [0.2, 0.25) is 0 Å². The first kappa shape index (κ1) is 14.3. The molecule has 0 aliphatic heterocycles. The molecule has 0 heterocycles. The molecule has 0 aliphatic rings. The quantitative estimate of drug-likeness (QED) is 0.352. The van der Waals surface area contributed by atoms with Gasteiger partial charge < -0.3 is 20.3 Å². The van der Waals surface area contributed by atoms with Crippen molar-refractivity contribution in [2.75, 3.05) is 12.8 Å². The van der Waals surface area contributed by atoms with Gasteiger partial charge in [-0.1, -0.05) is 11.6 Å². The molecule has 0 aromatic rings. The summed E-state index contributed by atoms with van der Waals surface area (Å²) < 4.78 is 15.2. The minimum absolute atomic E-state index is 0.220. The van der Waals surface area contributed by atoms with Gasteiger partial charge in [0, 0.05) is 0 Å². The Morgan fingerprint density at radius 2 is 2.13 bits per heavy atom. The summed E-state index contributed by atoms with van der Waals surface area (Å²) in [5.41, 5.74) is 5.78. The first-order valence-electron chi connectivity index (χ1n) is 4.40. The molecule has 0 aromatic heterocycles. The molecule has 7 heteroatoms. The molecule has 0 fully saturated rings. The third-order valence-electron chi connectivity index (χ3n) is 1.48. The molecule has 0 aliphatic carbocycles. The third kappa shape index (κ3) is 7.27. The molecule has 88 valence electrons. The fourth-order valence-electron chi connectivity index (χ4n) is 0.991. The Bertz CT molecular complexity index is 295. The number of allylic oxidation sites excluding steroid dienone is 1. The molecule has 6 nitrogen and oxygen atoms in total. The number of hydrogen-bond donors (Lipinski definition) is 3. The Labute approximate surface area is 88.3 Å².